The van der Waals surface area contributed by atoms with Crippen LogP contribution in [0.4, 0.5) is 18.9 Å². The molecule has 2 amide bonds. The number of carbonyl (C=O) groups excluding carboxylic acids is 2. The first kappa shape index (κ1) is 17.3. The van der Waals surface area contributed by atoms with Crippen LogP contribution in [0.3, 0.4) is 0 Å². The number of hydrogen-bond acceptors (Lipinski definition) is 2. The summed E-state index contributed by atoms with van der Waals surface area (Å²) in [7, 11) is 0. The fraction of sp³-hybridized carbons (Fsp3) is 0.500. The molecule has 0 aromatic heterocycles. The second-order valence-corrected chi connectivity index (χ2v) is 6.19. The second kappa shape index (κ2) is 6.60. The number of nitrogens with zero attached hydrogens (tertiary/aromatic N) is 1. The summed E-state index contributed by atoms with van der Waals surface area (Å²) in [5, 5.41) is 2.35. The van der Waals surface area contributed by atoms with Crippen molar-refractivity contribution in [2.45, 2.75) is 26.4 Å². The lowest BCUT2D eigenvalue weighted by atomic mass is 9.92. The van der Waals surface area contributed by atoms with Gasteiger partial charge < -0.3 is 10.2 Å². The van der Waals surface area contributed by atoms with Crippen molar-refractivity contribution >= 4 is 17.5 Å². The zero-order valence-electron chi connectivity index (χ0n) is 13.0. The van der Waals surface area contributed by atoms with Crippen LogP contribution in [0.1, 0.15) is 25.8 Å². The zero-order valence-corrected chi connectivity index (χ0v) is 13.0. The third kappa shape index (κ3) is 4.46. The molecule has 1 aliphatic rings. The first-order valence-electron chi connectivity index (χ1n) is 7.44. The highest BCUT2D eigenvalue weighted by Crippen LogP contribution is 2.29. The molecule has 0 saturated carbocycles. The molecular formula is C16H19F3N2O2. The van der Waals surface area contributed by atoms with Gasteiger partial charge in [0, 0.05) is 18.8 Å². The van der Waals surface area contributed by atoms with Crippen LogP contribution in [-0.4, -0.2) is 29.8 Å². The fourth-order valence-electron chi connectivity index (χ4n) is 2.90. The van der Waals surface area contributed by atoms with Crippen LogP contribution in [0.2, 0.25) is 0 Å². The average molecular weight is 328 g/mol. The molecule has 1 heterocycles. The topological polar surface area (TPSA) is 49.4 Å². The number of hydrogen-bond donors (Lipinski definition) is 1. The maximum absolute atomic E-state index is 12.5. The Labute approximate surface area is 132 Å². The summed E-state index contributed by atoms with van der Waals surface area (Å²) >= 11 is 0. The van der Waals surface area contributed by atoms with E-state index in [-0.39, 0.29) is 5.69 Å². The molecule has 2 atom stereocenters. The minimum absolute atomic E-state index is 0.162. The van der Waals surface area contributed by atoms with Crippen LogP contribution < -0.4 is 5.32 Å². The van der Waals surface area contributed by atoms with E-state index in [0.717, 1.165) is 30.7 Å². The van der Waals surface area contributed by atoms with Crippen molar-refractivity contribution in [3.8, 4) is 0 Å². The first-order chi connectivity index (χ1) is 10.7. The number of alkyl halides is 3. The Morgan fingerprint density at radius 2 is 1.61 bits per heavy atom. The number of piperidine rings is 1. The van der Waals surface area contributed by atoms with Gasteiger partial charge >= 0.3 is 18.0 Å². The molecule has 2 unspecified atom stereocenters. The van der Waals surface area contributed by atoms with Gasteiger partial charge in [0.05, 0.1) is 5.56 Å². The Kier molecular flexibility index (Phi) is 4.97. The van der Waals surface area contributed by atoms with Crippen LogP contribution in [-0.2, 0) is 15.8 Å². The Bertz CT molecular complexity index is 574. The van der Waals surface area contributed by atoms with Gasteiger partial charge in [-0.15, -0.1) is 0 Å². The number of amides is 2. The molecule has 0 aliphatic carbocycles. The molecule has 1 aromatic carbocycles. The van der Waals surface area contributed by atoms with Crippen LogP contribution in [0.15, 0.2) is 24.3 Å². The molecule has 0 radical (unpaired) electrons. The normalized spacial score (nSPS) is 21.9. The Morgan fingerprint density at radius 1 is 1.09 bits per heavy atom. The Balaban J connectivity index is 1.99. The number of halogens is 3. The summed E-state index contributed by atoms with van der Waals surface area (Å²) in [6, 6.07) is 4.00. The maximum Gasteiger partial charge on any atom is 0.416 e. The summed E-state index contributed by atoms with van der Waals surface area (Å²) in [5.74, 6) is -0.836. The van der Waals surface area contributed by atoms with Gasteiger partial charge in [-0.25, -0.2) is 0 Å². The smallest absolute Gasteiger partial charge is 0.334 e. The molecule has 1 aliphatic heterocycles. The SMILES string of the molecule is CC1CC(C)CN(C(=O)C(=O)Nc2ccc(C(F)(F)F)cc2)C1. The van der Waals surface area contributed by atoms with E-state index in [1.54, 1.807) is 0 Å². The molecule has 7 heteroatoms. The predicted molar refractivity (Wildman–Crippen MR) is 79.6 cm³/mol. The monoisotopic (exact) mass is 328 g/mol. The van der Waals surface area contributed by atoms with E-state index in [0.29, 0.717) is 24.9 Å². The average Bonchev–Trinajstić information content (AvgIpc) is 2.45. The van der Waals surface area contributed by atoms with Crippen molar-refractivity contribution in [1.82, 2.24) is 4.90 Å². The van der Waals surface area contributed by atoms with Crippen molar-refractivity contribution in [2.75, 3.05) is 18.4 Å². The molecule has 23 heavy (non-hydrogen) atoms. The molecule has 0 bridgehead atoms. The Morgan fingerprint density at radius 3 is 2.09 bits per heavy atom. The third-order valence-electron chi connectivity index (χ3n) is 3.82. The summed E-state index contributed by atoms with van der Waals surface area (Å²) in [4.78, 5) is 25.6. The quantitative estimate of drug-likeness (QED) is 0.805. The predicted octanol–water partition coefficient (Wildman–Crippen LogP) is 3.15. The number of likely N-dealkylation sites (tertiary alicyclic amines) is 1. The maximum atomic E-state index is 12.5. The highest BCUT2D eigenvalue weighted by molar-refractivity contribution is 6.39. The van der Waals surface area contributed by atoms with E-state index in [4.69, 9.17) is 0 Å². The Hall–Kier alpha value is -2.05. The molecule has 4 nitrogen and oxygen atoms in total. The van der Waals surface area contributed by atoms with E-state index in [2.05, 4.69) is 5.32 Å². The summed E-state index contributed by atoms with van der Waals surface area (Å²) < 4.78 is 37.4. The van der Waals surface area contributed by atoms with E-state index in [1.807, 2.05) is 13.8 Å². The van der Waals surface area contributed by atoms with Gasteiger partial charge in [-0.1, -0.05) is 13.8 Å². The number of rotatable bonds is 1. The first-order valence-corrected chi connectivity index (χ1v) is 7.44. The highest BCUT2D eigenvalue weighted by Gasteiger charge is 2.31. The van der Waals surface area contributed by atoms with Gasteiger partial charge in [-0.05, 0) is 42.5 Å². The molecule has 1 saturated heterocycles. The van der Waals surface area contributed by atoms with Crippen molar-refractivity contribution in [1.29, 1.82) is 0 Å². The standard InChI is InChI=1S/C16H19F3N2O2/c1-10-7-11(2)9-21(8-10)15(23)14(22)20-13-5-3-12(4-6-13)16(17,18)19/h3-6,10-11H,7-9H2,1-2H3,(H,20,22). The number of carbonyl (C=O) groups is 2. The summed E-state index contributed by atoms with van der Waals surface area (Å²) in [6.07, 6.45) is -3.43. The van der Waals surface area contributed by atoms with Crippen molar-refractivity contribution in [3.05, 3.63) is 29.8 Å². The van der Waals surface area contributed by atoms with Gasteiger partial charge in [0.25, 0.3) is 0 Å². The molecular weight excluding hydrogens is 309 g/mol. The molecule has 1 aromatic rings. The molecule has 1 fully saturated rings. The van der Waals surface area contributed by atoms with Crippen LogP contribution >= 0.6 is 0 Å². The van der Waals surface area contributed by atoms with Crippen molar-refractivity contribution < 1.29 is 22.8 Å². The molecule has 1 N–H and O–H groups in total. The van der Waals surface area contributed by atoms with Gasteiger partial charge in [-0.2, -0.15) is 13.2 Å². The van der Waals surface area contributed by atoms with E-state index in [1.165, 1.54) is 4.90 Å². The van der Waals surface area contributed by atoms with Crippen molar-refractivity contribution in [2.24, 2.45) is 11.8 Å². The lowest BCUT2D eigenvalue weighted by Crippen LogP contribution is -2.47. The van der Waals surface area contributed by atoms with E-state index >= 15 is 0 Å². The highest BCUT2D eigenvalue weighted by atomic mass is 19.4. The third-order valence-corrected chi connectivity index (χ3v) is 3.82. The van der Waals surface area contributed by atoms with Crippen LogP contribution in [0.25, 0.3) is 0 Å². The van der Waals surface area contributed by atoms with E-state index in [9.17, 15) is 22.8 Å². The van der Waals surface area contributed by atoms with E-state index < -0.39 is 23.6 Å². The van der Waals surface area contributed by atoms with Gasteiger partial charge in [0.1, 0.15) is 0 Å². The number of nitrogens with one attached hydrogen (secondary N) is 1. The van der Waals surface area contributed by atoms with Crippen LogP contribution in [0.5, 0.6) is 0 Å². The lowest BCUT2D eigenvalue weighted by molar-refractivity contribution is -0.145. The fourth-order valence-corrected chi connectivity index (χ4v) is 2.90. The minimum Gasteiger partial charge on any atom is -0.334 e. The molecule has 2 rings (SSSR count). The van der Waals surface area contributed by atoms with Gasteiger partial charge in [0.15, 0.2) is 0 Å². The second-order valence-electron chi connectivity index (χ2n) is 6.19. The lowest BCUT2D eigenvalue weighted by Gasteiger charge is -2.34. The van der Waals surface area contributed by atoms with Gasteiger partial charge in [0.2, 0.25) is 0 Å². The largest absolute Gasteiger partial charge is 0.416 e. The minimum atomic E-state index is -4.43. The number of benzene rings is 1. The number of anilines is 1. The van der Waals surface area contributed by atoms with Gasteiger partial charge in [-0.3, -0.25) is 9.59 Å². The zero-order chi connectivity index (χ0) is 17.2. The van der Waals surface area contributed by atoms with Crippen LogP contribution in [0, 0.1) is 11.8 Å². The summed E-state index contributed by atoms with van der Waals surface area (Å²) in [5.41, 5.74) is -0.644. The van der Waals surface area contributed by atoms with Crippen molar-refractivity contribution in [3.63, 3.8) is 0 Å². The summed E-state index contributed by atoms with van der Waals surface area (Å²) in [6.45, 7) is 5.07. The molecule has 0 spiro atoms. The molecule has 126 valence electrons.